The van der Waals surface area contributed by atoms with Crippen molar-refractivity contribution in [3.63, 3.8) is 0 Å². The highest BCUT2D eigenvalue weighted by Gasteiger charge is 2.19. The average molecular weight is 247 g/mol. The second-order valence-electron chi connectivity index (χ2n) is 5.34. The van der Waals surface area contributed by atoms with Crippen LogP contribution in [0.2, 0.25) is 0 Å². The summed E-state index contributed by atoms with van der Waals surface area (Å²) in [5.74, 6) is 0.993. The number of methoxy groups -OCH3 is 1. The highest BCUT2D eigenvalue weighted by atomic mass is 16.5. The van der Waals surface area contributed by atoms with E-state index in [9.17, 15) is 0 Å². The Kier molecular flexibility index (Phi) is 5.06. The zero-order valence-electron chi connectivity index (χ0n) is 11.7. The Morgan fingerprint density at radius 1 is 1.22 bits per heavy atom. The molecule has 1 aliphatic rings. The molecule has 0 spiro atoms. The van der Waals surface area contributed by atoms with Crippen LogP contribution >= 0.6 is 0 Å². The van der Waals surface area contributed by atoms with E-state index < -0.39 is 0 Å². The third-order valence-electron chi connectivity index (χ3n) is 3.61. The first-order chi connectivity index (χ1) is 8.79. The molecule has 0 heterocycles. The van der Waals surface area contributed by atoms with E-state index in [1.54, 1.807) is 7.11 Å². The number of ether oxygens (including phenoxy) is 1. The third-order valence-corrected chi connectivity index (χ3v) is 3.61. The Morgan fingerprint density at radius 2 is 2.06 bits per heavy atom. The van der Waals surface area contributed by atoms with Crippen molar-refractivity contribution in [2.75, 3.05) is 13.7 Å². The van der Waals surface area contributed by atoms with Crippen molar-refractivity contribution in [1.29, 1.82) is 0 Å². The summed E-state index contributed by atoms with van der Waals surface area (Å²) in [5, 5.41) is 3.56. The van der Waals surface area contributed by atoms with Crippen LogP contribution in [-0.4, -0.2) is 19.7 Å². The molecule has 0 bridgehead atoms. The predicted octanol–water partition coefficient (Wildman–Crippen LogP) is 3.47. The first-order valence-corrected chi connectivity index (χ1v) is 7.16. The van der Waals surface area contributed by atoms with Crippen molar-refractivity contribution in [2.24, 2.45) is 0 Å². The highest BCUT2D eigenvalue weighted by Crippen LogP contribution is 2.20. The van der Waals surface area contributed by atoms with E-state index in [2.05, 4.69) is 30.4 Å². The molecule has 100 valence electrons. The van der Waals surface area contributed by atoms with Crippen LogP contribution < -0.4 is 10.1 Å². The quantitative estimate of drug-likeness (QED) is 0.710. The fraction of sp³-hybridized carbons (Fsp3) is 0.625. The smallest absolute Gasteiger partial charge is 0.121 e. The topological polar surface area (TPSA) is 21.3 Å². The summed E-state index contributed by atoms with van der Waals surface area (Å²) < 4.78 is 5.28. The lowest BCUT2D eigenvalue weighted by Gasteiger charge is -2.07. The van der Waals surface area contributed by atoms with Crippen molar-refractivity contribution in [1.82, 2.24) is 5.32 Å². The summed E-state index contributed by atoms with van der Waals surface area (Å²) in [4.78, 5) is 0. The van der Waals surface area contributed by atoms with Gasteiger partial charge in [-0.1, -0.05) is 18.6 Å². The molecule has 2 rings (SSSR count). The number of unbranched alkanes of at least 4 members (excludes halogenated alkanes) is 2. The first-order valence-electron chi connectivity index (χ1n) is 7.16. The molecule has 1 saturated carbocycles. The van der Waals surface area contributed by atoms with E-state index in [4.69, 9.17) is 4.74 Å². The van der Waals surface area contributed by atoms with Crippen LogP contribution in [0.3, 0.4) is 0 Å². The maximum atomic E-state index is 5.28. The maximum Gasteiger partial charge on any atom is 0.121 e. The molecule has 2 heteroatoms. The van der Waals surface area contributed by atoms with Crippen molar-refractivity contribution in [3.05, 3.63) is 29.3 Å². The first kappa shape index (κ1) is 13.4. The minimum atomic E-state index is 0.856. The molecule has 1 aromatic carbocycles. The van der Waals surface area contributed by atoms with Crippen LogP contribution in [0.4, 0.5) is 0 Å². The molecule has 1 N–H and O–H groups in total. The summed E-state index contributed by atoms with van der Waals surface area (Å²) in [7, 11) is 1.73. The number of benzene rings is 1. The molecule has 18 heavy (non-hydrogen) atoms. The number of rotatable bonds is 8. The van der Waals surface area contributed by atoms with Gasteiger partial charge < -0.3 is 10.1 Å². The van der Waals surface area contributed by atoms with Crippen LogP contribution in [-0.2, 0) is 6.42 Å². The molecular weight excluding hydrogens is 222 g/mol. The zero-order chi connectivity index (χ0) is 12.8. The highest BCUT2D eigenvalue weighted by molar-refractivity contribution is 5.36. The van der Waals surface area contributed by atoms with Crippen LogP contribution in [0.1, 0.15) is 43.2 Å². The fourth-order valence-electron chi connectivity index (χ4n) is 2.32. The molecule has 2 nitrogen and oxygen atoms in total. The van der Waals surface area contributed by atoms with Crippen molar-refractivity contribution in [2.45, 2.75) is 51.5 Å². The van der Waals surface area contributed by atoms with Gasteiger partial charge in [0, 0.05) is 6.04 Å². The van der Waals surface area contributed by atoms with E-state index >= 15 is 0 Å². The van der Waals surface area contributed by atoms with Gasteiger partial charge in [0.2, 0.25) is 0 Å². The Morgan fingerprint density at radius 3 is 2.72 bits per heavy atom. The van der Waals surface area contributed by atoms with E-state index in [0.29, 0.717) is 0 Å². The Bertz CT molecular complexity index is 371. The molecule has 1 aliphatic carbocycles. The summed E-state index contributed by atoms with van der Waals surface area (Å²) >= 11 is 0. The van der Waals surface area contributed by atoms with Gasteiger partial charge in [0.25, 0.3) is 0 Å². The summed E-state index contributed by atoms with van der Waals surface area (Å²) in [6.07, 6.45) is 7.90. The van der Waals surface area contributed by atoms with Crippen molar-refractivity contribution < 1.29 is 4.74 Å². The molecule has 1 aromatic rings. The van der Waals surface area contributed by atoms with Crippen LogP contribution in [0.25, 0.3) is 0 Å². The fourth-order valence-corrected chi connectivity index (χ4v) is 2.32. The molecule has 1 fully saturated rings. The lowest BCUT2D eigenvalue weighted by Crippen LogP contribution is -2.17. The second-order valence-corrected chi connectivity index (χ2v) is 5.34. The second kappa shape index (κ2) is 6.79. The van der Waals surface area contributed by atoms with Gasteiger partial charge in [0.1, 0.15) is 5.75 Å². The molecule has 0 unspecified atom stereocenters. The van der Waals surface area contributed by atoms with E-state index in [1.165, 1.54) is 56.2 Å². The van der Waals surface area contributed by atoms with Gasteiger partial charge in [-0.3, -0.25) is 0 Å². The van der Waals surface area contributed by atoms with E-state index in [1.807, 2.05) is 0 Å². The standard InChI is InChI=1S/C16H25NO/c1-13-12-14(7-10-16(13)18-2)6-4-3-5-11-17-15-8-9-15/h7,10,12,15,17H,3-6,8-9,11H2,1-2H3. The summed E-state index contributed by atoms with van der Waals surface area (Å²) in [6.45, 7) is 3.31. The van der Waals surface area contributed by atoms with Gasteiger partial charge in [-0.25, -0.2) is 0 Å². The van der Waals surface area contributed by atoms with Crippen LogP contribution in [0, 0.1) is 6.92 Å². The van der Waals surface area contributed by atoms with Gasteiger partial charge >= 0.3 is 0 Å². The van der Waals surface area contributed by atoms with E-state index in [0.717, 1.165) is 11.8 Å². The summed E-state index contributed by atoms with van der Waals surface area (Å²) in [6, 6.07) is 7.38. The molecule has 0 saturated heterocycles. The van der Waals surface area contributed by atoms with Gasteiger partial charge in [0.15, 0.2) is 0 Å². The number of aryl methyl sites for hydroxylation is 2. The van der Waals surface area contributed by atoms with Gasteiger partial charge in [-0.05, 0) is 62.8 Å². The minimum Gasteiger partial charge on any atom is -0.496 e. The maximum absolute atomic E-state index is 5.28. The zero-order valence-corrected chi connectivity index (χ0v) is 11.7. The molecule has 0 atom stereocenters. The van der Waals surface area contributed by atoms with Gasteiger partial charge in [-0.2, -0.15) is 0 Å². The lowest BCUT2D eigenvalue weighted by atomic mass is 10.0. The number of hydrogen-bond acceptors (Lipinski definition) is 2. The molecule has 0 radical (unpaired) electrons. The van der Waals surface area contributed by atoms with Crippen molar-refractivity contribution >= 4 is 0 Å². The lowest BCUT2D eigenvalue weighted by molar-refractivity contribution is 0.411. The molecule has 0 amide bonds. The Hall–Kier alpha value is -1.02. The largest absolute Gasteiger partial charge is 0.496 e. The summed E-state index contributed by atoms with van der Waals surface area (Å²) in [5.41, 5.74) is 2.67. The van der Waals surface area contributed by atoms with E-state index in [-0.39, 0.29) is 0 Å². The Balaban J connectivity index is 1.61. The molecule has 0 aromatic heterocycles. The predicted molar refractivity (Wildman–Crippen MR) is 76.3 cm³/mol. The van der Waals surface area contributed by atoms with Gasteiger partial charge in [-0.15, -0.1) is 0 Å². The van der Waals surface area contributed by atoms with Crippen molar-refractivity contribution in [3.8, 4) is 5.75 Å². The number of hydrogen-bond donors (Lipinski definition) is 1. The van der Waals surface area contributed by atoms with Crippen LogP contribution in [0.5, 0.6) is 5.75 Å². The minimum absolute atomic E-state index is 0.856. The SMILES string of the molecule is COc1ccc(CCCCCNC2CC2)cc1C. The van der Waals surface area contributed by atoms with Crippen LogP contribution in [0.15, 0.2) is 18.2 Å². The average Bonchev–Trinajstić information content (AvgIpc) is 3.18. The normalized spacial score (nSPS) is 14.8. The van der Waals surface area contributed by atoms with Gasteiger partial charge in [0.05, 0.1) is 7.11 Å². The number of nitrogens with one attached hydrogen (secondary N) is 1. The molecule has 0 aliphatic heterocycles. The third kappa shape index (κ3) is 4.34. The molecular formula is C16H25NO. The Labute approximate surface area is 111 Å². The monoisotopic (exact) mass is 247 g/mol.